The molecule has 7 nitrogen and oxygen atoms in total. The van der Waals surface area contributed by atoms with Gasteiger partial charge in [-0.15, -0.1) is 11.3 Å². The molecule has 1 N–H and O–H groups in total. The van der Waals surface area contributed by atoms with Gasteiger partial charge in [-0.25, -0.2) is 9.78 Å². The number of nitrogens with one attached hydrogen (secondary N) is 1. The molecule has 0 radical (unpaired) electrons. The van der Waals surface area contributed by atoms with Gasteiger partial charge in [0.2, 0.25) is 0 Å². The van der Waals surface area contributed by atoms with Gasteiger partial charge in [-0.2, -0.15) is 5.26 Å². The third-order valence-corrected chi connectivity index (χ3v) is 6.43. The third-order valence-electron chi connectivity index (χ3n) is 5.55. The van der Waals surface area contributed by atoms with Gasteiger partial charge >= 0.3 is 5.63 Å². The Hall–Kier alpha value is -4.61. The van der Waals surface area contributed by atoms with Crippen LogP contribution in [0.15, 0.2) is 81.5 Å². The van der Waals surface area contributed by atoms with E-state index in [9.17, 15) is 10.1 Å². The highest BCUT2D eigenvalue weighted by Gasteiger charge is 2.15. The van der Waals surface area contributed by atoms with Crippen molar-refractivity contribution in [3.05, 3.63) is 87.7 Å². The summed E-state index contributed by atoms with van der Waals surface area (Å²) < 4.78 is 16.2. The number of hydrogen-bond acceptors (Lipinski definition) is 8. The molecule has 0 aliphatic heterocycles. The lowest BCUT2D eigenvalue weighted by Gasteiger charge is -2.10. The molecule has 0 aliphatic rings. The number of benzene rings is 3. The van der Waals surface area contributed by atoms with Crippen molar-refractivity contribution in [1.29, 1.82) is 5.26 Å². The molecule has 0 aliphatic carbocycles. The summed E-state index contributed by atoms with van der Waals surface area (Å²) in [4.78, 5) is 17.3. The zero-order valence-corrected chi connectivity index (χ0v) is 19.7. The molecular weight excluding hydrogens is 462 g/mol. The van der Waals surface area contributed by atoms with Crippen molar-refractivity contribution in [2.24, 2.45) is 0 Å². The fourth-order valence-electron chi connectivity index (χ4n) is 3.79. The molecule has 0 amide bonds. The number of anilines is 1. The van der Waals surface area contributed by atoms with E-state index in [0.717, 1.165) is 16.2 Å². The highest BCUT2D eigenvalue weighted by Crippen LogP contribution is 2.31. The first-order chi connectivity index (χ1) is 17.1. The van der Waals surface area contributed by atoms with Crippen LogP contribution in [0.4, 0.5) is 5.69 Å². The van der Waals surface area contributed by atoms with Crippen molar-refractivity contribution in [2.75, 3.05) is 19.5 Å². The Kier molecular flexibility index (Phi) is 5.92. The molecule has 8 heteroatoms. The average molecular weight is 482 g/mol. The molecule has 0 unspecified atom stereocenters. The van der Waals surface area contributed by atoms with Crippen molar-refractivity contribution in [1.82, 2.24) is 4.98 Å². The molecule has 35 heavy (non-hydrogen) atoms. The van der Waals surface area contributed by atoms with Gasteiger partial charge in [0.05, 0.1) is 31.2 Å². The van der Waals surface area contributed by atoms with Gasteiger partial charge in [-0.1, -0.05) is 30.3 Å². The van der Waals surface area contributed by atoms with Gasteiger partial charge in [0.1, 0.15) is 33.7 Å². The van der Waals surface area contributed by atoms with Crippen LogP contribution in [0, 0.1) is 11.3 Å². The van der Waals surface area contributed by atoms with Gasteiger partial charge in [0.25, 0.3) is 0 Å². The van der Waals surface area contributed by atoms with Crippen molar-refractivity contribution < 1.29 is 13.9 Å². The van der Waals surface area contributed by atoms with Crippen LogP contribution in [0.5, 0.6) is 11.5 Å². The molecular formula is C27H19N3O4S. The normalized spacial score (nSPS) is 11.4. The van der Waals surface area contributed by atoms with E-state index in [2.05, 4.69) is 16.4 Å². The average Bonchev–Trinajstić information content (AvgIpc) is 3.38. The van der Waals surface area contributed by atoms with Crippen LogP contribution in [-0.4, -0.2) is 19.2 Å². The lowest BCUT2D eigenvalue weighted by molar-refractivity contribution is 0.405. The topological polar surface area (TPSA) is 97.4 Å². The number of fused-ring (bicyclic) bond motifs is 3. The largest absolute Gasteiger partial charge is 0.497 e. The molecule has 0 atom stereocenters. The number of hydrogen-bond donors (Lipinski definition) is 1. The first kappa shape index (κ1) is 22.2. The van der Waals surface area contributed by atoms with Crippen molar-refractivity contribution >= 4 is 44.3 Å². The first-order valence-electron chi connectivity index (χ1n) is 10.6. The van der Waals surface area contributed by atoms with Crippen molar-refractivity contribution in [3.63, 3.8) is 0 Å². The van der Waals surface area contributed by atoms with Crippen LogP contribution >= 0.6 is 11.3 Å². The van der Waals surface area contributed by atoms with Crippen molar-refractivity contribution in [2.45, 2.75) is 0 Å². The Morgan fingerprint density at radius 3 is 2.74 bits per heavy atom. The van der Waals surface area contributed by atoms with E-state index >= 15 is 0 Å². The smallest absolute Gasteiger partial charge is 0.345 e. The molecule has 0 bridgehead atoms. The third kappa shape index (κ3) is 4.21. The summed E-state index contributed by atoms with van der Waals surface area (Å²) in [5, 5.41) is 17.9. The zero-order chi connectivity index (χ0) is 24.4. The molecule has 0 spiro atoms. The lowest BCUT2D eigenvalue weighted by atomic mass is 10.0. The number of thiazole rings is 1. The van der Waals surface area contributed by atoms with Gasteiger partial charge in [-0.05, 0) is 35.0 Å². The standard InChI is InChI=1S/C27H19N3O4S/c1-32-18-8-10-25(33-2)22(11-18)29-14-17(13-28)26-30-23(15-35-26)21-12-20-19-6-4-3-5-16(19)7-9-24(20)34-27(21)31/h3-12,14-15,29H,1-2H3. The second kappa shape index (κ2) is 9.33. The van der Waals surface area contributed by atoms with Crippen LogP contribution in [0.25, 0.3) is 38.6 Å². The number of allylic oxidation sites excluding steroid dienone is 1. The Balaban J connectivity index is 1.52. The quantitative estimate of drug-likeness (QED) is 0.179. The number of ether oxygens (including phenoxy) is 2. The van der Waals surface area contributed by atoms with E-state index in [-0.39, 0.29) is 0 Å². The Morgan fingerprint density at radius 2 is 1.94 bits per heavy atom. The number of rotatable bonds is 6. The second-order valence-electron chi connectivity index (χ2n) is 7.56. The predicted octanol–water partition coefficient (Wildman–Crippen LogP) is 6.06. The van der Waals surface area contributed by atoms with E-state index in [1.165, 1.54) is 11.3 Å². The maximum atomic E-state index is 12.7. The summed E-state index contributed by atoms with van der Waals surface area (Å²) in [6, 6.07) is 20.9. The van der Waals surface area contributed by atoms with Crippen LogP contribution in [0.2, 0.25) is 0 Å². The van der Waals surface area contributed by atoms with E-state index in [0.29, 0.717) is 44.6 Å². The molecule has 0 saturated carbocycles. The first-order valence-corrected chi connectivity index (χ1v) is 11.5. The Labute approximate surface area is 204 Å². The SMILES string of the molecule is COc1ccc(OC)c(NC=C(C#N)c2nc(-c3cc4c(ccc5ccccc54)oc3=O)cs2)c1. The zero-order valence-electron chi connectivity index (χ0n) is 18.9. The van der Waals surface area contributed by atoms with E-state index in [4.69, 9.17) is 13.9 Å². The summed E-state index contributed by atoms with van der Waals surface area (Å²) in [6.07, 6.45) is 1.55. The summed E-state index contributed by atoms with van der Waals surface area (Å²) in [5.74, 6) is 1.24. The number of methoxy groups -OCH3 is 2. The Morgan fingerprint density at radius 1 is 1.09 bits per heavy atom. The van der Waals surface area contributed by atoms with Gasteiger partial charge < -0.3 is 19.2 Å². The van der Waals surface area contributed by atoms with E-state index in [1.54, 1.807) is 56.1 Å². The number of aromatic nitrogens is 1. The molecule has 2 aromatic heterocycles. The maximum absolute atomic E-state index is 12.7. The van der Waals surface area contributed by atoms with Gasteiger partial charge in [-0.3, -0.25) is 0 Å². The Bertz CT molecular complexity index is 1690. The van der Waals surface area contributed by atoms with Crippen molar-refractivity contribution in [3.8, 4) is 28.8 Å². The number of nitrogens with zero attached hydrogens (tertiary/aromatic N) is 2. The second-order valence-corrected chi connectivity index (χ2v) is 8.42. The van der Waals surface area contributed by atoms with Crippen LogP contribution in [0.1, 0.15) is 5.01 Å². The minimum Gasteiger partial charge on any atom is -0.497 e. The van der Waals surface area contributed by atoms with Crippen LogP contribution in [0.3, 0.4) is 0 Å². The van der Waals surface area contributed by atoms with Gasteiger partial charge in [0.15, 0.2) is 0 Å². The molecule has 172 valence electrons. The molecule has 5 rings (SSSR count). The number of nitriles is 1. The molecule has 5 aromatic rings. The predicted molar refractivity (Wildman–Crippen MR) is 138 cm³/mol. The minimum absolute atomic E-state index is 0.307. The summed E-state index contributed by atoms with van der Waals surface area (Å²) in [5.41, 5.74) is 1.78. The highest BCUT2D eigenvalue weighted by molar-refractivity contribution is 7.11. The fraction of sp³-hybridized carbons (Fsp3) is 0.0741. The van der Waals surface area contributed by atoms with Crippen LogP contribution < -0.4 is 20.4 Å². The summed E-state index contributed by atoms with van der Waals surface area (Å²) in [6.45, 7) is 0. The minimum atomic E-state index is -0.480. The fourth-order valence-corrected chi connectivity index (χ4v) is 4.58. The molecule has 2 heterocycles. The van der Waals surface area contributed by atoms with Crippen LogP contribution in [-0.2, 0) is 0 Å². The monoisotopic (exact) mass is 481 g/mol. The summed E-state index contributed by atoms with van der Waals surface area (Å²) in [7, 11) is 3.14. The van der Waals surface area contributed by atoms with E-state index < -0.39 is 5.63 Å². The summed E-state index contributed by atoms with van der Waals surface area (Å²) >= 11 is 1.27. The molecule has 0 saturated heterocycles. The maximum Gasteiger partial charge on any atom is 0.345 e. The van der Waals surface area contributed by atoms with E-state index in [1.807, 2.05) is 30.3 Å². The molecule has 0 fully saturated rings. The lowest BCUT2D eigenvalue weighted by Crippen LogP contribution is -2.03. The van der Waals surface area contributed by atoms with Gasteiger partial charge in [0, 0.05) is 23.0 Å². The molecule has 3 aromatic carbocycles. The highest BCUT2D eigenvalue weighted by atomic mass is 32.1.